The van der Waals surface area contributed by atoms with Gasteiger partial charge in [-0.05, 0) is 30.3 Å². The summed E-state index contributed by atoms with van der Waals surface area (Å²) in [5.41, 5.74) is -0.107. The Morgan fingerprint density at radius 1 is 1.04 bits per heavy atom. The summed E-state index contributed by atoms with van der Waals surface area (Å²) in [4.78, 5) is 52.1. The van der Waals surface area contributed by atoms with Gasteiger partial charge in [0.2, 0.25) is 5.91 Å². The van der Waals surface area contributed by atoms with E-state index < -0.39 is 17.2 Å². The average Bonchev–Trinajstić information content (AvgIpc) is 2.65. The number of pyridine rings is 1. The van der Waals surface area contributed by atoms with E-state index in [0.717, 1.165) is 4.57 Å². The highest BCUT2D eigenvalue weighted by molar-refractivity contribution is 6.34. The van der Waals surface area contributed by atoms with Crippen LogP contribution in [0.2, 0.25) is 5.02 Å². The number of fused-ring (bicyclic) bond motifs is 1. The van der Waals surface area contributed by atoms with E-state index in [9.17, 15) is 19.2 Å². The van der Waals surface area contributed by atoms with Gasteiger partial charge >= 0.3 is 5.69 Å². The third-order valence-corrected chi connectivity index (χ3v) is 4.38. The number of nitrogens with one attached hydrogen (secondary N) is 2. The van der Waals surface area contributed by atoms with Gasteiger partial charge in [-0.2, -0.15) is 0 Å². The summed E-state index contributed by atoms with van der Waals surface area (Å²) in [6.45, 7) is 1.37. The summed E-state index contributed by atoms with van der Waals surface area (Å²) in [5, 5.41) is 5.65. The molecule has 0 aliphatic heterocycles. The first kappa shape index (κ1) is 19.3. The van der Waals surface area contributed by atoms with Crippen LogP contribution in [0.5, 0.6) is 0 Å². The second-order valence-electron chi connectivity index (χ2n) is 6.10. The molecule has 2 amide bonds. The van der Waals surface area contributed by atoms with Crippen molar-refractivity contribution in [2.24, 2.45) is 14.1 Å². The highest BCUT2D eigenvalue weighted by Gasteiger charge is 2.15. The number of carbonyl (C=O) groups is 2. The van der Waals surface area contributed by atoms with Gasteiger partial charge in [0.1, 0.15) is 11.3 Å². The van der Waals surface area contributed by atoms with E-state index in [2.05, 4.69) is 15.6 Å². The molecule has 0 unspecified atom stereocenters. The van der Waals surface area contributed by atoms with Gasteiger partial charge in [0.15, 0.2) is 0 Å². The third kappa shape index (κ3) is 3.52. The van der Waals surface area contributed by atoms with Crippen molar-refractivity contribution in [3.63, 3.8) is 0 Å². The first-order valence-corrected chi connectivity index (χ1v) is 8.52. The molecule has 0 saturated heterocycles. The Morgan fingerprint density at radius 2 is 1.75 bits per heavy atom. The molecule has 0 bridgehead atoms. The average molecular weight is 402 g/mol. The Morgan fingerprint density at radius 3 is 2.39 bits per heavy atom. The van der Waals surface area contributed by atoms with E-state index in [1.807, 2.05) is 0 Å². The molecule has 9 nitrogen and oxygen atoms in total. The number of amides is 2. The summed E-state index contributed by atoms with van der Waals surface area (Å²) < 4.78 is 2.17. The van der Waals surface area contributed by atoms with Gasteiger partial charge in [-0.15, -0.1) is 0 Å². The molecule has 10 heteroatoms. The largest absolute Gasteiger partial charge is 0.332 e. The first-order valence-electron chi connectivity index (χ1n) is 8.14. The highest BCUT2D eigenvalue weighted by Crippen LogP contribution is 2.26. The van der Waals surface area contributed by atoms with Crippen LogP contribution < -0.4 is 21.9 Å². The summed E-state index contributed by atoms with van der Waals surface area (Å²) in [6.07, 6.45) is 0. The SMILES string of the molecule is CC(=O)Nc1ccc(NC(=O)c2ccc3c(=O)n(C)c(=O)n(C)c3n2)c(Cl)c1. The van der Waals surface area contributed by atoms with Crippen LogP contribution in [0.1, 0.15) is 17.4 Å². The Hall–Kier alpha value is -3.46. The molecule has 1 aromatic carbocycles. The minimum Gasteiger partial charge on any atom is -0.326 e. The summed E-state index contributed by atoms with van der Waals surface area (Å²) in [6, 6.07) is 7.46. The lowest BCUT2D eigenvalue weighted by Gasteiger charge is -2.10. The molecular weight excluding hydrogens is 386 g/mol. The number of carbonyl (C=O) groups excluding carboxylic acids is 2. The van der Waals surface area contributed by atoms with Crippen molar-refractivity contribution in [1.29, 1.82) is 0 Å². The molecule has 0 saturated carbocycles. The van der Waals surface area contributed by atoms with E-state index in [1.165, 1.54) is 49.9 Å². The van der Waals surface area contributed by atoms with Gasteiger partial charge < -0.3 is 10.6 Å². The van der Waals surface area contributed by atoms with E-state index in [0.29, 0.717) is 11.4 Å². The maximum Gasteiger partial charge on any atom is 0.332 e. The van der Waals surface area contributed by atoms with Crippen LogP contribution in [0, 0.1) is 0 Å². The number of aryl methyl sites for hydroxylation is 1. The number of benzene rings is 1. The molecule has 3 rings (SSSR count). The van der Waals surface area contributed by atoms with Crippen molar-refractivity contribution >= 4 is 45.8 Å². The minimum atomic E-state index is -0.566. The van der Waals surface area contributed by atoms with Crippen LogP contribution in [0.25, 0.3) is 11.0 Å². The minimum absolute atomic E-state index is 0.0118. The van der Waals surface area contributed by atoms with Crippen molar-refractivity contribution in [3.8, 4) is 0 Å². The standard InChI is InChI=1S/C18H16ClN5O4/c1-9(25)20-10-4-6-13(12(19)8-10)22-16(26)14-7-5-11-15(21-14)23(2)18(28)24(3)17(11)27/h4-8H,1-3H3,(H,20,25)(H,22,26). The van der Waals surface area contributed by atoms with E-state index in [-0.39, 0.29) is 27.7 Å². The number of hydrogen-bond acceptors (Lipinski definition) is 5. The summed E-state index contributed by atoms with van der Waals surface area (Å²) in [7, 11) is 2.84. The van der Waals surface area contributed by atoms with Crippen molar-refractivity contribution in [2.75, 3.05) is 10.6 Å². The number of aromatic nitrogens is 3. The normalized spacial score (nSPS) is 10.7. The van der Waals surface area contributed by atoms with Crippen LogP contribution in [-0.2, 0) is 18.9 Å². The molecule has 2 N–H and O–H groups in total. The molecule has 0 fully saturated rings. The molecule has 144 valence electrons. The predicted molar refractivity (Wildman–Crippen MR) is 106 cm³/mol. The van der Waals surface area contributed by atoms with Gasteiger partial charge in [0.25, 0.3) is 11.5 Å². The summed E-state index contributed by atoms with van der Waals surface area (Å²) >= 11 is 6.15. The second kappa shape index (κ2) is 7.28. The second-order valence-corrected chi connectivity index (χ2v) is 6.51. The van der Waals surface area contributed by atoms with Gasteiger partial charge in [0, 0.05) is 26.7 Å². The highest BCUT2D eigenvalue weighted by atomic mass is 35.5. The Balaban J connectivity index is 1.95. The number of nitrogens with zero attached hydrogens (tertiary/aromatic N) is 3. The fraction of sp³-hybridized carbons (Fsp3) is 0.167. The maximum absolute atomic E-state index is 12.5. The molecule has 0 aliphatic rings. The lowest BCUT2D eigenvalue weighted by atomic mass is 10.2. The predicted octanol–water partition coefficient (Wildman–Crippen LogP) is 1.50. The first-order chi connectivity index (χ1) is 13.2. The quantitative estimate of drug-likeness (QED) is 0.690. The number of rotatable bonds is 3. The fourth-order valence-electron chi connectivity index (χ4n) is 2.66. The molecule has 3 aromatic rings. The smallest absolute Gasteiger partial charge is 0.326 e. The van der Waals surface area contributed by atoms with Gasteiger partial charge in [-0.1, -0.05) is 11.6 Å². The molecule has 0 radical (unpaired) electrons. The molecular formula is C18H16ClN5O4. The van der Waals surface area contributed by atoms with Crippen molar-refractivity contribution in [3.05, 3.63) is 61.9 Å². The third-order valence-electron chi connectivity index (χ3n) is 4.07. The molecule has 28 heavy (non-hydrogen) atoms. The lowest BCUT2D eigenvalue weighted by molar-refractivity contribution is -0.114. The zero-order chi connectivity index (χ0) is 20.6. The zero-order valence-corrected chi connectivity index (χ0v) is 16.0. The number of halogens is 1. The molecule has 2 aromatic heterocycles. The number of hydrogen-bond donors (Lipinski definition) is 2. The van der Waals surface area contributed by atoms with Gasteiger partial charge in [-0.25, -0.2) is 9.78 Å². The van der Waals surface area contributed by atoms with Crippen LogP contribution >= 0.6 is 11.6 Å². The lowest BCUT2D eigenvalue weighted by Crippen LogP contribution is -2.37. The Bertz CT molecular complexity index is 1250. The van der Waals surface area contributed by atoms with Crippen LogP contribution in [0.3, 0.4) is 0 Å². The van der Waals surface area contributed by atoms with E-state index in [4.69, 9.17) is 11.6 Å². The Labute approximate surface area is 163 Å². The van der Waals surface area contributed by atoms with Crippen molar-refractivity contribution in [1.82, 2.24) is 14.1 Å². The molecule has 0 aliphatic carbocycles. The number of anilines is 2. The van der Waals surface area contributed by atoms with Gasteiger partial charge in [-0.3, -0.25) is 23.5 Å². The van der Waals surface area contributed by atoms with Crippen molar-refractivity contribution in [2.45, 2.75) is 6.92 Å². The van der Waals surface area contributed by atoms with Crippen LogP contribution in [0.4, 0.5) is 11.4 Å². The van der Waals surface area contributed by atoms with E-state index in [1.54, 1.807) is 6.07 Å². The molecule has 2 heterocycles. The fourth-order valence-corrected chi connectivity index (χ4v) is 2.89. The van der Waals surface area contributed by atoms with Gasteiger partial charge in [0.05, 0.1) is 16.1 Å². The van der Waals surface area contributed by atoms with Crippen LogP contribution in [0.15, 0.2) is 39.9 Å². The monoisotopic (exact) mass is 401 g/mol. The zero-order valence-electron chi connectivity index (χ0n) is 15.2. The Kier molecular flexibility index (Phi) is 5.02. The summed E-state index contributed by atoms with van der Waals surface area (Å²) in [5.74, 6) is -0.811. The molecule has 0 spiro atoms. The molecule has 0 atom stereocenters. The van der Waals surface area contributed by atoms with E-state index >= 15 is 0 Å². The van der Waals surface area contributed by atoms with Crippen molar-refractivity contribution < 1.29 is 9.59 Å². The van der Waals surface area contributed by atoms with Crippen LogP contribution in [-0.4, -0.2) is 25.9 Å². The maximum atomic E-state index is 12.5. The topological polar surface area (TPSA) is 115 Å².